The number of carbonyl (C=O) groups excluding carboxylic acids is 2. The normalized spacial score (nSPS) is 11.6. The summed E-state index contributed by atoms with van der Waals surface area (Å²) in [6, 6.07) is -0.132. The topological polar surface area (TPSA) is 83.4 Å². The molecule has 86 valence electrons. The van der Waals surface area contributed by atoms with Gasteiger partial charge in [-0.05, 0) is 13.6 Å². The minimum absolute atomic E-state index is 0.132. The third kappa shape index (κ3) is 3.13. The van der Waals surface area contributed by atoms with Crippen LogP contribution < -0.4 is 10.9 Å². The third-order valence-corrected chi connectivity index (χ3v) is 2.75. The van der Waals surface area contributed by atoms with Crippen LogP contribution in [-0.2, 0) is 4.79 Å². The molecule has 1 rings (SSSR count). The maximum Gasteiger partial charge on any atom is 0.289 e. The van der Waals surface area contributed by atoms with Gasteiger partial charge < -0.3 is 0 Å². The Hall–Kier alpha value is -1.76. The van der Waals surface area contributed by atoms with Crippen molar-refractivity contribution in [2.75, 3.05) is 0 Å². The standard InChI is InChI=1S/C9H12N4O2S/c1-5(10-3)9-11-7(4-16-9)8(15)13-12-6(2)14/h4-5H,3H2,1-2H3,(H,12,14)(H,13,15)/t5-/m0/s1. The zero-order valence-electron chi connectivity index (χ0n) is 8.98. The van der Waals surface area contributed by atoms with Gasteiger partial charge in [0.15, 0.2) is 0 Å². The van der Waals surface area contributed by atoms with Crippen molar-refractivity contribution in [1.29, 1.82) is 0 Å². The van der Waals surface area contributed by atoms with Crippen LogP contribution in [0.1, 0.15) is 35.4 Å². The SMILES string of the molecule is C=N[C@@H](C)c1nc(C(=O)NNC(C)=O)cs1. The van der Waals surface area contributed by atoms with E-state index < -0.39 is 5.91 Å². The van der Waals surface area contributed by atoms with E-state index in [4.69, 9.17) is 0 Å². The van der Waals surface area contributed by atoms with E-state index >= 15 is 0 Å². The van der Waals surface area contributed by atoms with Gasteiger partial charge in [-0.2, -0.15) is 0 Å². The first-order chi connectivity index (χ1) is 7.54. The Labute approximate surface area is 96.8 Å². The molecule has 0 aliphatic carbocycles. The van der Waals surface area contributed by atoms with Crippen molar-refractivity contribution in [3.63, 3.8) is 0 Å². The Morgan fingerprint density at radius 1 is 1.56 bits per heavy atom. The molecule has 0 radical (unpaired) electrons. The zero-order valence-corrected chi connectivity index (χ0v) is 9.80. The van der Waals surface area contributed by atoms with Crippen molar-refractivity contribution in [1.82, 2.24) is 15.8 Å². The molecule has 0 saturated heterocycles. The van der Waals surface area contributed by atoms with E-state index in [0.717, 1.165) is 0 Å². The van der Waals surface area contributed by atoms with Crippen LogP contribution in [0.5, 0.6) is 0 Å². The predicted molar refractivity (Wildman–Crippen MR) is 61.4 cm³/mol. The van der Waals surface area contributed by atoms with Gasteiger partial charge in [0.25, 0.3) is 5.91 Å². The van der Waals surface area contributed by atoms with Crippen LogP contribution in [0.4, 0.5) is 0 Å². The van der Waals surface area contributed by atoms with Crippen LogP contribution >= 0.6 is 11.3 Å². The molecule has 2 N–H and O–H groups in total. The van der Waals surface area contributed by atoms with Gasteiger partial charge in [-0.1, -0.05) is 0 Å². The van der Waals surface area contributed by atoms with E-state index in [-0.39, 0.29) is 17.6 Å². The lowest BCUT2D eigenvalue weighted by atomic mass is 10.4. The van der Waals surface area contributed by atoms with E-state index in [2.05, 4.69) is 27.5 Å². The van der Waals surface area contributed by atoms with Crippen LogP contribution in [0, 0.1) is 0 Å². The van der Waals surface area contributed by atoms with Crippen LogP contribution in [0.3, 0.4) is 0 Å². The summed E-state index contributed by atoms with van der Waals surface area (Å²) in [6.07, 6.45) is 0. The van der Waals surface area contributed by atoms with Gasteiger partial charge >= 0.3 is 0 Å². The molecule has 16 heavy (non-hydrogen) atoms. The lowest BCUT2D eigenvalue weighted by Crippen LogP contribution is -2.40. The Morgan fingerprint density at radius 3 is 2.81 bits per heavy atom. The molecule has 0 spiro atoms. The largest absolute Gasteiger partial charge is 0.291 e. The zero-order chi connectivity index (χ0) is 12.1. The number of amides is 2. The highest BCUT2D eigenvalue weighted by atomic mass is 32.1. The summed E-state index contributed by atoms with van der Waals surface area (Å²) < 4.78 is 0. The quantitative estimate of drug-likeness (QED) is 0.602. The summed E-state index contributed by atoms with van der Waals surface area (Å²) in [7, 11) is 0. The molecule has 0 bridgehead atoms. The molecule has 1 aromatic heterocycles. The number of nitrogens with one attached hydrogen (secondary N) is 2. The molecule has 1 atom stereocenters. The van der Waals surface area contributed by atoms with Crippen molar-refractivity contribution >= 4 is 29.9 Å². The first kappa shape index (κ1) is 12.3. The van der Waals surface area contributed by atoms with Gasteiger partial charge in [-0.3, -0.25) is 25.4 Å². The Bertz CT molecular complexity index is 415. The first-order valence-electron chi connectivity index (χ1n) is 4.52. The summed E-state index contributed by atoms with van der Waals surface area (Å²) in [5, 5.41) is 2.32. The summed E-state index contributed by atoms with van der Waals surface area (Å²) in [6.45, 7) is 6.55. The van der Waals surface area contributed by atoms with E-state index in [1.165, 1.54) is 18.3 Å². The average molecular weight is 240 g/mol. The first-order valence-corrected chi connectivity index (χ1v) is 5.40. The number of hydrazine groups is 1. The number of thiazole rings is 1. The van der Waals surface area contributed by atoms with E-state index in [1.54, 1.807) is 5.38 Å². The number of nitrogens with zero attached hydrogens (tertiary/aromatic N) is 2. The molecular weight excluding hydrogens is 228 g/mol. The van der Waals surface area contributed by atoms with Gasteiger partial charge in [0.1, 0.15) is 10.7 Å². The van der Waals surface area contributed by atoms with Gasteiger partial charge in [0, 0.05) is 12.3 Å². The number of aromatic nitrogens is 1. The lowest BCUT2D eigenvalue weighted by Gasteiger charge is -2.02. The molecule has 1 heterocycles. The second-order valence-electron chi connectivity index (χ2n) is 3.06. The number of aliphatic imine (C=N–C) groups is 1. The van der Waals surface area contributed by atoms with Crippen LogP contribution in [-0.4, -0.2) is 23.5 Å². The van der Waals surface area contributed by atoms with Crippen molar-refractivity contribution in [2.24, 2.45) is 4.99 Å². The fraction of sp³-hybridized carbons (Fsp3) is 0.333. The third-order valence-electron chi connectivity index (χ3n) is 1.74. The van der Waals surface area contributed by atoms with Crippen LogP contribution in [0.15, 0.2) is 10.4 Å². The molecule has 0 aliphatic heterocycles. The van der Waals surface area contributed by atoms with Gasteiger partial charge in [0.2, 0.25) is 5.91 Å². The minimum Gasteiger partial charge on any atom is -0.291 e. The second-order valence-corrected chi connectivity index (χ2v) is 3.95. The highest BCUT2D eigenvalue weighted by Crippen LogP contribution is 2.20. The Balaban J connectivity index is 2.66. The predicted octanol–water partition coefficient (Wildman–Crippen LogP) is 0.686. The number of rotatable bonds is 3. The van der Waals surface area contributed by atoms with Gasteiger partial charge in [0.05, 0.1) is 6.04 Å². The van der Waals surface area contributed by atoms with Crippen molar-refractivity contribution in [3.05, 3.63) is 16.1 Å². The Kier molecular flexibility index (Phi) is 4.12. The monoisotopic (exact) mass is 240 g/mol. The molecule has 0 aliphatic rings. The summed E-state index contributed by atoms with van der Waals surface area (Å²) in [5.74, 6) is -0.793. The lowest BCUT2D eigenvalue weighted by molar-refractivity contribution is -0.119. The summed E-state index contributed by atoms with van der Waals surface area (Å²) in [5.41, 5.74) is 4.67. The molecular formula is C9H12N4O2S. The van der Waals surface area contributed by atoms with E-state index in [1.807, 2.05) is 6.92 Å². The molecule has 1 aromatic rings. The van der Waals surface area contributed by atoms with Crippen LogP contribution in [0.2, 0.25) is 0 Å². The molecule has 7 heteroatoms. The highest BCUT2D eigenvalue weighted by molar-refractivity contribution is 7.09. The fourth-order valence-corrected chi connectivity index (χ4v) is 1.69. The minimum atomic E-state index is -0.450. The maximum atomic E-state index is 11.4. The number of carbonyl (C=O) groups is 2. The van der Waals surface area contributed by atoms with E-state index in [9.17, 15) is 9.59 Å². The molecule has 0 unspecified atom stereocenters. The fourth-order valence-electron chi connectivity index (χ4n) is 0.871. The summed E-state index contributed by atoms with van der Waals surface area (Å²) >= 11 is 1.33. The highest BCUT2D eigenvalue weighted by Gasteiger charge is 2.13. The smallest absolute Gasteiger partial charge is 0.289 e. The molecule has 0 aromatic carbocycles. The maximum absolute atomic E-state index is 11.4. The van der Waals surface area contributed by atoms with Crippen molar-refractivity contribution in [2.45, 2.75) is 19.9 Å². The van der Waals surface area contributed by atoms with Gasteiger partial charge in [-0.25, -0.2) is 4.98 Å². The Morgan fingerprint density at radius 2 is 2.25 bits per heavy atom. The van der Waals surface area contributed by atoms with Crippen LogP contribution in [0.25, 0.3) is 0 Å². The average Bonchev–Trinajstić information content (AvgIpc) is 2.74. The van der Waals surface area contributed by atoms with Crippen molar-refractivity contribution < 1.29 is 9.59 Å². The summed E-state index contributed by atoms with van der Waals surface area (Å²) in [4.78, 5) is 29.9. The molecule has 6 nitrogen and oxygen atoms in total. The molecule has 0 saturated carbocycles. The van der Waals surface area contributed by atoms with Crippen molar-refractivity contribution in [3.8, 4) is 0 Å². The van der Waals surface area contributed by atoms with E-state index in [0.29, 0.717) is 5.01 Å². The molecule has 2 amide bonds. The second kappa shape index (κ2) is 5.36. The number of hydrogen-bond acceptors (Lipinski definition) is 5. The number of hydrogen-bond donors (Lipinski definition) is 2. The van der Waals surface area contributed by atoms with Gasteiger partial charge in [-0.15, -0.1) is 11.3 Å². The molecule has 0 fully saturated rings.